The quantitative estimate of drug-likeness (QED) is 0.417. The summed E-state index contributed by atoms with van der Waals surface area (Å²) in [7, 11) is 0. The van der Waals surface area contributed by atoms with Gasteiger partial charge in [0.05, 0.1) is 5.69 Å². The van der Waals surface area contributed by atoms with E-state index in [0.717, 1.165) is 31.4 Å². The Morgan fingerprint density at radius 1 is 1.04 bits per heavy atom. The van der Waals surface area contributed by atoms with Crippen LogP contribution >= 0.6 is 11.3 Å². The lowest BCUT2D eigenvalue weighted by atomic mass is 10.0. The summed E-state index contributed by atoms with van der Waals surface area (Å²) in [5.74, 6) is 0.297. The fourth-order valence-electron chi connectivity index (χ4n) is 2.96. The molecule has 1 nitrogen and oxygen atoms in total. The molecule has 0 fully saturated rings. The number of nitrogens with zero attached hydrogens (tertiary/aromatic N) is 1. The van der Waals surface area contributed by atoms with Crippen LogP contribution < -0.4 is 0 Å². The molecule has 2 aromatic carbocycles. The van der Waals surface area contributed by atoms with Crippen LogP contribution in [0.4, 0.5) is 4.39 Å². The number of pyridine rings is 1. The normalized spacial score (nSPS) is 11.7. The fourth-order valence-corrected chi connectivity index (χ4v) is 4.20. The lowest BCUT2D eigenvalue weighted by Gasteiger charge is -2.08. The van der Waals surface area contributed by atoms with Gasteiger partial charge >= 0.3 is 0 Å². The van der Waals surface area contributed by atoms with Gasteiger partial charge in [-0.05, 0) is 35.7 Å². The molecular formula is C20H16FNS. The number of hydrogen-bond acceptors (Lipinski definition) is 2. The minimum atomic E-state index is -0.158. The van der Waals surface area contributed by atoms with E-state index >= 15 is 0 Å². The van der Waals surface area contributed by atoms with Gasteiger partial charge in [-0.1, -0.05) is 38.1 Å². The van der Waals surface area contributed by atoms with Crippen LogP contribution in [-0.4, -0.2) is 4.98 Å². The summed E-state index contributed by atoms with van der Waals surface area (Å²) in [6.45, 7) is 4.35. The first kappa shape index (κ1) is 14.3. The number of rotatable bonds is 2. The van der Waals surface area contributed by atoms with E-state index in [1.54, 1.807) is 17.4 Å². The maximum atomic E-state index is 14.2. The Kier molecular flexibility index (Phi) is 3.38. The Morgan fingerprint density at radius 2 is 1.87 bits per heavy atom. The molecule has 4 rings (SSSR count). The maximum absolute atomic E-state index is 14.2. The van der Waals surface area contributed by atoms with E-state index in [-0.39, 0.29) is 5.82 Å². The summed E-state index contributed by atoms with van der Waals surface area (Å²) in [6.07, 6.45) is 1.86. The monoisotopic (exact) mass is 321 g/mol. The summed E-state index contributed by atoms with van der Waals surface area (Å²) >= 11 is 1.63. The highest BCUT2D eigenvalue weighted by molar-refractivity contribution is 7.26. The summed E-state index contributed by atoms with van der Waals surface area (Å²) in [5, 5.41) is 1.69. The number of benzene rings is 2. The van der Waals surface area contributed by atoms with E-state index in [1.165, 1.54) is 11.6 Å². The van der Waals surface area contributed by atoms with Gasteiger partial charge < -0.3 is 0 Å². The number of aromatic nitrogens is 1. The van der Waals surface area contributed by atoms with Crippen molar-refractivity contribution >= 4 is 31.5 Å². The van der Waals surface area contributed by atoms with Crippen molar-refractivity contribution in [3.8, 4) is 11.3 Å². The van der Waals surface area contributed by atoms with Crippen LogP contribution in [0.15, 0.2) is 54.7 Å². The van der Waals surface area contributed by atoms with Crippen molar-refractivity contribution in [1.29, 1.82) is 0 Å². The molecule has 4 aromatic rings. The van der Waals surface area contributed by atoms with Crippen molar-refractivity contribution in [3.63, 3.8) is 0 Å². The molecule has 0 aliphatic heterocycles. The van der Waals surface area contributed by atoms with Crippen LogP contribution in [-0.2, 0) is 0 Å². The van der Waals surface area contributed by atoms with E-state index in [1.807, 2.05) is 24.4 Å². The molecule has 23 heavy (non-hydrogen) atoms. The average molecular weight is 321 g/mol. The number of fused-ring (bicyclic) bond motifs is 3. The Labute approximate surface area is 138 Å². The molecule has 2 heterocycles. The molecule has 0 bridgehead atoms. The van der Waals surface area contributed by atoms with Crippen molar-refractivity contribution < 1.29 is 4.39 Å². The summed E-state index contributed by atoms with van der Waals surface area (Å²) in [4.78, 5) is 4.55. The van der Waals surface area contributed by atoms with E-state index in [0.29, 0.717) is 5.92 Å². The third-order valence-corrected chi connectivity index (χ3v) is 5.40. The predicted octanol–water partition coefficient (Wildman–Crippen LogP) is 6.38. The molecule has 3 heteroatoms. The Morgan fingerprint density at radius 3 is 2.70 bits per heavy atom. The van der Waals surface area contributed by atoms with Crippen LogP contribution in [0.25, 0.3) is 31.4 Å². The highest BCUT2D eigenvalue weighted by Crippen LogP contribution is 2.40. The molecule has 0 spiro atoms. The first-order valence-corrected chi connectivity index (χ1v) is 8.53. The number of halogens is 1. The van der Waals surface area contributed by atoms with Crippen LogP contribution in [0.1, 0.15) is 25.3 Å². The minimum Gasteiger partial charge on any atom is -0.256 e. The van der Waals surface area contributed by atoms with Gasteiger partial charge in [-0.25, -0.2) is 4.39 Å². The largest absolute Gasteiger partial charge is 0.256 e. The first-order valence-electron chi connectivity index (χ1n) is 7.71. The van der Waals surface area contributed by atoms with E-state index < -0.39 is 0 Å². The zero-order valence-electron chi connectivity index (χ0n) is 13.0. The minimum absolute atomic E-state index is 0.158. The van der Waals surface area contributed by atoms with Crippen molar-refractivity contribution in [3.05, 3.63) is 66.1 Å². The van der Waals surface area contributed by atoms with Gasteiger partial charge in [-0.3, -0.25) is 4.98 Å². The Bertz CT molecular complexity index is 1020. The molecule has 0 N–H and O–H groups in total. The number of thiophene rings is 1. The smallest absolute Gasteiger partial charge is 0.132 e. The molecule has 0 amide bonds. The fraction of sp³-hybridized carbons (Fsp3) is 0.150. The Balaban J connectivity index is 2.03. The maximum Gasteiger partial charge on any atom is 0.132 e. The zero-order chi connectivity index (χ0) is 16.0. The standard InChI is InChI=1S/C20H16FNS/c1-12(2)13-9-10-22-17(11-13)14-5-3-6-15-19-16(21)7-4-8-18(19)23-20(14)15/h3-12H,1-2H3. The summed E-state index contributed by atoms with van der Waals surface area (Å²) < 4.78 is 16.3. The molecular weight excluding hydrogens is 305 g/mol. The SMILES string of the molecule is CC(C)c1ccnc(-c2cccc3c2sc2cccc(F)c23)c1. The van der Waals surface area contributed by atoms with Gasteiger partial charge in [0.15, 0.2) is 0 Å². The second-order valence-corrected chi connectivity index (χ2v) is 7.08. The predicted molar refractivity (Wildman–Crippen MR) is 96.6 cm³/mol. The third kappa shape index (κ3) is 2.32. The van der Waals surface area contributed by atoms with Crippen molar-refractivity contribution in [2.45, 2.75) is 19.8 Å². The van der Waals surface area contributed by atoms with Crippen molar-refractivity contribution in [1.82, 2.24) is 4.98 Å². The molecule has 2 aromatic heterocycles. The third-order valence-electron chi connectivity index (χ3n) is 4.20. The van der Waals surface area contributed by atoms with Crippen molar-refractivity contribution in [2.24, 2.45) is 0 Å². The second-order valence-electron chi connectivity index (χ2n) is 6.03. The lowest BCUT2D eigenvalue weighted by Crippen LogP contribution is -1.90. The second kappa shape index (κ2) is 5.43. The van der Waals surface area contributed by atoms with Crippen molar-refractivity contribution in [2.75, 3.05) is 0 Å². The number of hydrogen-bond donors (Lipinski definition) is 0. The molecule has 0 saturated heterocycles. The van der Waals surface area contributed by atoms with Gasteiger partial charge in [0.2, 0.25) is 0 Å². The van der Waals surface area contributed by atoms with E-state index in [2.05, 4.69) is 37.0 Å². The van der Waals surface area contributed by atoms with Crippen LogP contribution in [0.5, 0.6) is 0 Å². The molecule has 114 valence electrons. The molecule has 0 aliphatic rings. The van der Waals surface area contributed by atoms with E-state index in [4.69, 9.17) is 0 Å². The van der Waals surface area contributed by atoms with Gasteiger partial charge in [0.1, 0.15) is 5.82 Å². The van der Waals surface area contributed by atoms with Crippen LogP contribution in [0, 0.1) is 5.82 Å². The summed E-state index contributed by atoms with van der Waals surface area (Å²) in [6, 6.07) is 15.5. The van der Waals surface area contributed by atoms with Crippen LogP contribution in [0.2, 0.25) is 0 Å². The van der Waals surface area contributed by atoms with Gasteiger partial charge in [-0.15, -0.1) is 11.3 Å². The lowest BCUT2D eigenvalue weighted by molar-refractivity contribution is 0.641. The topological polar surface area (TPSA) is 12.9 Å². The van der Waals surface area contributed by atoms with Gasteiger partial charge in [0, 0.05) is 31.9 Å². The molecule has 0 saturated carbocycles. The zero-order valence-corrected chi connectivity index (χ0v) is 13.8. The van der Waals surface area contributed by atoms with Gasteiger partial charge in [-0.2, -0.15) is 0 Å². The molecule has 0 unspecified atom stereocenters. The summed E-state index contributed by atoms with van der Waals surface area (Å²) in [5.41, 5.74) is 3.29. The van der Waals surface area contributed by atoms with Crippen LogP contribution in [0.3, 0.4) is 0 Å². The Hall–Kier alpha value is -2.26. The molecule has 0 radical (unpaired) electrons. The molecule has 0 aliphatic carbocycles. The van der Waals surface area contributed by atoms with E-state index in [9.17, 15) is 4.39 Å². The highest BCUT2D eigenvalue weighted by atomic mass is 32.1. The van der Waals surface area contributed by atoms with Gasteiger partial charge in [0.25, 0.3) is 0 Å². The molecule has 0 atom stereocenters. The average Bonchev–Trinajstić information content (AvgIpc) is 2.94. The first-order chi connectivity index (χ1) is 11.1. The highest BCUT2D eigenvalue weighted by Gasteiger charge is 2.14.